The highest BCUT2D eigenvalue weighted by atomic mass is 16.6. The fourth-order valence-electron chi connectivity index (χ4n) is 5.24. The summed E-state index contributed by atoms with van der Waals surface area (Å²) in [7, 11) is 3.88. The number of carbonyl (C=O) groups excluding carboxylic acids is 2. The first kappa shape index (κ1) is 28.6. The topological polar surface area (TPSA) is 116 Å². The van der Waals surface area contributed by atoms with Crippen LogP contribution >= 0.6 is 0 Å². The fourth-order valence-corrected chi connectivity index (χ4v) is 5.24. The summed E-state index contributed by atoms with van der Waals surface area (Å²) >= 11 is 0. The number of ether oxygens (including phenoxy) is 1. The maximum Gasteiger partial charge on any atom is 0.425 e. The molecule has 9 heteroatoms. The highest BCUT2D eigenvalue weighted by Gasteiger charge is 2.52. The van der Waals surface area contributed by atoms with E-state index in [0.717, 1.165) is 27.4 Å². The maximum absolute atomic E-state index is 13.8. The molecule has 40 heavy (non-hydrogen) atoms. The molecule has 0 spiro atoms. The summed E-state index contributed by atoms with van der Waals surface area (Å²) in [5.41, 5.74) is 8.10. The lowest BCUT2D eigenvalue weighted by Crippen LogP contribution is -2.66. The minimum atomic E-state index is -1.32. The maximum atomic E-state index is 13.8. The highest BCUT2D eigenvalue weighted by Crippen LogP contribution is 2.36. The Morgan fingerprint density at radius 3 is 2.08 bits per heavy atom. The lowest BCUT2D eigenvalue weighted by atomic mass is 9.87. The van der Waals surface area contributed by atoms with Gasteiger partial charge in [-0.05, 0) is 41.7 Å². The molecule has 0 aromatic heterocycles. The molecular weight excluding hydrogens is 508 g/mol. The number of benzene rings is 3. The van der Waals surface area contributed by atoms with Crippen molar-refractivity contribution in [1.29, 1.82) is 0 Å². The number of nitrogens with zero attached hydrogens (tertiary/aromatic N) is 3. The summed E-state index contributed by atoms with van der Waals surface area (Å²) in [6.45, 7) is 0.231. The number of aliphatic carboxylic acids is 1. The van der Waals surface area contributed by atoms with Gasteiger partial charge in [0.2, 0.25) is 5.91 Å². The van der Waals surface area contributed by atoms with Gasteiger partial charge in [-0.3, -0.25) is 4.79 Å². The Labute approximate surface area is 234 Å². The van der Waals surface area contributed by atoms with E-state index in [1.54, 1.807) is 17.1 Å². The van der Waals surface area contributed by atoms with Crippen molar-refractivity contribution in [3.05, 3.63) is 102 Å². The van der Waals surface area contributed by atoms with Crippen LogP contribution in [0.25, 0.3) is 0 Å². The molecule has 3 N–H and O–H groups in total. The average Bonchev–Trinajstić information content (AvgIpc) is 3.37. The molecule has 210 valence electrons. The van der Waals surface area contributed by atoms with Gasteiger partial charge in [0.1, 0.15) is 12.1 Å². The molecule has 0 radical (unpaired) electrons. The van der Waals surface area contributed by atoms with Crippen LogP contribution in [0.4, 0.5) is 10.5 Å². The summed E-state index contributed by atoms with van der Waals surface area (Å²) in [6, 6.07) is 24.7. The summed E-state index contributed by atoms with van der Waals surface area (Å²) in [5.74, 6) is -1.83. The molecule has 1 aliphatic rings. The Morgan fingerprint density at radius 2 is 1.52 bits per heavy atom. The number of carbonyl (C=O) groups is 3. The van der Waals surface area contributed by atoms with Crippen LogP contribution in [0.3, 0.4) is 0 Å². The second kappa shape index (κ2) is 12.7. The number of hydrogen-bond acceptors (Lipinski definition) is 6. The summed E-state index contributed by atoms with van der Waals surface area (Å²) in [5, 5.41) is 13.0. The first-order valence-electron chi connectivity index (χ1n) is 13.3. The molecule has 1 saturated heterocycles. The Bertz CT molecular complexity index is 1300. The predicted octanol–water partition coefficient (Wildman–Crippen LogP) is 3.86. The van der Waals surface area contributed by atoms with Gasteiger partial charge in [-0.15, -0.1) is 0 Å². The van der Waals surface area contributed by atoms with Gasteiger partial charge in [0.25, 0.3) is 0 Å². The quantitative estimate of drug-likeness (QED) is 0.377. The number of hydrogen-bond donors (Lipinski definition) is 2. The zero-order valence-electron chi connectivity index (χ0n) is 22.9. The van der Waals surface area contributed by atoms with Crippen molar-refractivity contribution in [2.24, 2.45) is 5.73 Å². The van der Waals surface area contributed by atoms with Crippen LogP contribution in [0.15, 0.2) is 84.9 Å². The first-order chi connectivity index (χ1) is 19.2. The minimum absolute atomic E-state index is 0.0273. The Balaban J connectivity index is 1.71. The zero-order chi connectivity index (χ0) is 28.7. The number of amides is 2. The van der Waals surface area contributed by atoms with E-state index in [4.69, 9.17) is 10.5 Å². The number of nitrogens with two attached hydrogens (primary N) is 1. The second-order valence-electron chi connectivity index (χ2n) is 10.3. The molecule has 0 bridgehead atoms. The van der Waals surface area contributed by atoms with Crippen LogP contribution in [-0.2, 0) is 33.8 Å². The van der Waals surface area contributed by atoms with Crippen molar-refractivity contribution in [1.82, 2.24) is 10.0 Å². The third-order valence-electron chi connectivity index (χ3n) is 7.37. The Hall–Kier alpha value is -4.37. The van der Waals surface area contributed by atoms with Gasteiger partial charge in [0.15, 0.2) is 6.04 Å². The molecular formula is C31H36N4O5. The van der Waals surface area contributed by atoms with Crippen LogP contribution in [0.2, 0.25) is 0 Å². The molecule has 1 aliphatic heterocycles. The fraction of sp³-hybridized carbons (Fsp3) is 0.323. The molecule has 3 aromatic rings. The lowest BCUT2D eigenvalue weighted by molar-refractivity contribution is -0.162. The summed E-state index contributed by atoms with van der Waals surface area (Å²) in [4.78, 5) is 41.7. The van der Waals surface area contributed by atoms with E-state index in [2.05, 4.69) is 0 Å². The summed E-state index contributed by atoms with van der Waals surface area (Å²) in [6.07, 6.45) is 0.328. The van der Waals surface area contributed by atoms with E-state index in [-0.39, 0.29) is 26.0 Å². The van der Waals surface area contributed by atoms with Crippen molar-refractivity contribution in [3.63, 3.8) is 0 Å². The van der Waals surface area contributed by atoms with Gasteiger partial charge in [0.05, 0.1) is 0 Å². The first-order valence-corrected chi connectivity index (χ1v) is 13.3. The smallest absolute Gasteiger partial charge is 0.425 e. The number of carboxylic acid groups (broad SMARTS) is 1. The van der Waals surface area contributed by atoms with Crippen LogP contribution in [0.1, 0.15) is 29.5 Å². The van der Waals surface area contributed by atoms with Gasteiger partial charge in [-0.2, -0.15) is 5.01 Å². The van der Waals surface area contributed by atoms with E-state index in [1.807, 2.05) is 91.8 Å². The molecule has 3 aromatic carbocycles. The Morgan fingerprint density at radius 1 is 0.925 bits per heavy atom. The van der Waals surface area contributed by atoms with Crippen molar-refractivity contribution in [3.8, 4) is 0 Å². The normalized spacial score (nSPS) is 17.6. The molecule has 1 fully saturated rings. The van der Waals surface area contributed by atoms with Gasteiger partial charge < -0.3 is 20.5 Å². The second-order valence-corrected chi connectivity index (χ2v) is 10.3. The molecule has 1 heterocycles. The number of primary amides is 1. The number of carboxylic acids is 1. The SMILES string of the molecule is CN(C)c1ccc(C[C@@]2(C(N)=O)CCCN2N(C(=O)OCc2ccccc2)[C@H](Cc2ccccc2)C(=O)O)cc1. The molecule has 0 saturated carbocycles. The van der Waals surface area contributed by atoms with Crippen LogP contribution in [0.5, 0.6) is 0 Å². The number of rotatable bonds is 11. The number of anilines is 1. The van der Waals surface area contributed by atoms with Crippen molar-refractivity contribution >= 4 is 23.7 Å². The van der Waals surface area contributed by atoms with E-state index < -0.39 is 29.6 Å². The third kappa shape index (κ3) is 6.43. The molecule has 9 nitrogen and oxygen atoms in total. The number of hydrazine groups is 1. The van der Waals surface area contributed by atoms with E-state index in [1.165, 1.54) is 0 Å². The third-order valence-corrected chi connectivity index (χ3v) is 7.37. The highest BCUT2D eigenvalue weighted by molar-refractivity contribution is 5.87. The predicted molar refractivity (Wildman–Crippen MR) is 152 cm³/mol. The van der Waals surface area contributed by atoms with Crippen molar-refractivity contribution < 1.29 is 24.2 Å². The zero-order valence-corrected chi connectivity index (χ0v) is 22.9. The molecule has 4 rings (SSSR count). The largest absolute Gasteiger partial charge is 0.480 e. The Kier molecular flexibility index (Phi) is 9.06. The standard InChI is InChI=1S/C31H36N4O5/c1-33(2)26-16-14-24(15-17-26)21-31(29(32)38)18-9-19-34(31)35(30(39)40-22-25-12-7-4-8-13-25)27(28(36)37)20-23-10-5-3-6-11-23/h3-8,10-17,27H,9,18-22H2,1-2H3,(H2,32,38)(H,36,37)/t27-,31-/m1/s1. The monoisotopic (exact) mass is 544 g/mol. The van der Waals surface area contributed by atoms with E-state index >= 15 is 0 Å². The van der Waals surface area contributed by atoms with Gasteiger partial charge in [-0.25, -0.2) is 14.6 Å². The minimum Gasteiger partial charge on any atom is -0.480 e. The van der Waals surface area contributed by atoms with Gasteiger partial charge in [0, 0.05) is 39.2 Å². The van der Waals surface area contributed by atoms with E-state index in [9.17, 15) is 19.5 Å². The van der Waals surface area contributed by atoms with Crippen LogP contribution in [-0.4, -0.2) is 65.3 Å². The molecule has 2 amide bonds. The molecule has 2 atom stereocenters. The summed E-state index contributed by atoms with van der Waals surface area (Å²) < 4.78 is 5.66. The lowest BCUT2D eigenvalue weighted by Gasteiger charge is -2.44. The van der Waals surface area contributed by atoms with Crippen LogP contribution < -0.4 is 10.6 Å². The van der Waals surface area contributed by atoms with E-state index in [0.29, 0.717) is 12.8 Å². The van der Waals surface area contributed by atoms with Crippen molar-refractivity contribution in [2.75, 3.05) is 25.5 Å². The average molecular weight is 545 g/mol. The van der Waals surface area contributed by atoms with Crippen molar-refractivity contribution in [2.45, 2.75) is 43.9 Å². The van der Waals surface area contributed by atoms with Gasteiger partial charge >= 0.3 is 12.1 Å². The molecule has 0 aliphatic carbocycles. The van der Waals surface area contributed by atoms with Crippen LogP contribution in [0, 0.1) is 0 Å². The molecule has 0 unspecified atom stereocenters. The van der Waals surface area contributed by atoms with Gasteiger partial charge in [-0.1, -0.05) is 72.8 Å².